The minimum atomic E-state index is -0.310. The Morgan fingerprint density at radius 3 is 2.43 bits per heavy atom. The van der Waals surface area contributed by atoms with Gasteiger partial charge in [0.15, 0.2) is 0 Å². The largest absolute Gasteiger partial charge is 0.398 e. The fourth-order valence-electron chi connectivity index (χ4n) is 2.08. The first-order chi connectivity index (χ1) is 9.91. The van der Waals surface area contributed by atoms with Crippen molar-refractivity contribution in [3.05, 3.63) is 64.4 Å². The van der Waals surface area contributed by atoms with Crippen LogP contribution in [0.25, 0.3) is 0 Å². The smallest absolute Gasteiger partial charge is 0.257 e. The van der Waals surface area contributed by atoms with Gasteiger partial charge in [0.05, 0.1) is 16.6 Å². The predicted molar refractivity (Wildman–Crippen MR) is 82.8 cm³/mol. The second-order valence-electron chi connectivity index (χ2n) is 4.85. The van der Waals surface area contributed by atoms with Gasteiger partial charge in [-0.2, -0.15) is 0 Å². The summed E-state index contributed by atoms with van der Waals surface area (Å²) in [6.45, 7) is 1.86. The van der Waals surface area contributed by atoms with E-state index in [-0.39, 0.29) is 23.3 Å². The van der Waals surface area contributed by atoms with Crippen LogP contribution in [0, 0.1) is 5.82 Å². The maximum Gasteiger partial charge on any atom is 0.257 e. The van der Waals surface area contributed by atoms with E-state index in [1.54, 1.807) is 37.4 Å². The van der Waals surface area contributed by atoms with Crippen LogP contribution in [0.5, 0.6) is 0 Å². The highest BCUT2D eigenvalue weighted by Crippen LogP contribution is 2.27. The molecule has 110 valence electrons. The van der Waals surface area contributed by atoms with Crippen molar-refractivity contribution < 1.29 is 9.18 Å². The van der Waals surface area contributed by atoms with Gasteiger partial charge >= 0.3 is 0 Å². The summed E-state index contributed by atoms with van der Waals surface area (Å²) in [5.74, 6) is -0.579. The van der Waals surface area contributed by atoms with E-state index in [4.69, 9.17) is 17.3 Å². The lowest BCUT2D eigenvalue weighted by molar-refractivity contribution is 0.0744. The van der Waals surface area contributed by atoms with Crippen molar-refractivity contribution in [3.63, 3.8) is 0 Å². The van der Waals surface area contributed by atoms with Crippen LogP contribution in [0.15, 0.2) is 42.5 Å². The van der Waals surface area contributed by atoms with E-state index in [0.717, 1.165) is 5.56 Å². The summed E-state index contributed by atoms with van der Waals surface area (Å²) in [6, 6.07) is 10.8. The maximum atomic E-state index is 13.0. The molecule has 21 heavy (non-hydrogen) atoms. The second-order valence-corrected chi connectivity index (χ2v) is 5.25. The number of benzene rings is 2. The van der Waals surface area contributed by atoms with Crippen molar-refractivity contribution >= 4 is 23.2 Å². The molecule has 0 radical (unpaired) electrons. The van der Waals surface area contributed by atoms with Crippen LogP contribution in [0.4, 0.5) is 10.1 Å². The third-order valence-electron chi connectivity index (χ3n) is 3.51. The van der Waals surface area contributed by atoms with E-state index < -0.39 is 0 Å². The number of carbonyl (C=O) groups excluding carboxylic acids is 1. The summed E-state index contributed by atoms with van der Waals surface area (Å²) in [5, 5.41) is 0.318. The molecule has 0 bridgehead atoms. The average molecular weight is 307 g/mol. The number of anilines is 1. The van der Waals surface area contributed by atoms with Crippen LogP contribution in [0.2, 0.25) is 5.02 Å². The number of rotatable bonds is 3. The number of halogens is 2. The normalized spacial score (nSPS) is 12.0. The van der Waals surface area contributed by atoms with Gasteiger partial charge in [0.25, 0.3) is 5.91 Å². The van der Waals surface area contributed by atoms with E-state index in [1.165, 1.54) is 17.0 Å². The third-order valence-corrected chi connectivity index (χ3v) is 3.83. The number of amides is 1. The number of carbonyl (C=O) groups is 1. The summed E-state index contributed by atoms with van der Waals surface area (Å²) >= 11 is 6.06. The van der Waals surface area contributed by atoms with Crippen molar-refractivity contribution in [2.45, 2.75) is 13.0 Å². The molecule has 0 aliphatic carbocycles. The summed E-state index contributed by atoms with van der Waals surface area (Å²) in [4.78, 5) is 14.1. The van der Waals surface area contributed by atoms with Gasteiger partial charge in [-0.15, -0.1) is 0 Å². The van der Waals surface area contributed by atoms with Gasteiger partial charge in [0.2, 0.25) is 0 Å². The predicted octanol–water partition coefficient (Wildman–Crippen LogP) is 3.89. The van der Waals surface area contributed by atoms with Crippen molar-refractivity contribution in [1.29, 1.82) is 0 Å². The van der Waals surface area contributed by atoms with Gasteiger partial charge in [-0.05, 0) is 36.8 Å². The Bertz CT molecular complexity index is 638. The van der Waals surface area contributed by atoms with E-state index >= 15 is 0 Å². The van der Waals surface area contributed by atoms with Crippen LogP contribution >= 0.6 is 11.6 Å². The topological polar surface area (TPSA) is 46.3 Å². The second kappa shape index (κ2) is 6.14. The molecule has 0 aliphatic heterocycles. The molecule has 0 spiro atoms. The molecule has 1 atom stereocenters. The zero-order valence-electron chi connectivity index (χ0n) is 11.8. The van der Waals surface area contributed by atoms with E-state index in [0.29, 0.717) is 10.7 Å². The van der Waals surface area contributed by atoms with Crippen molar-refractivity contribution in [2.24, 2.45) is 0 Å². The molecule has 2 aromatic carbocycles. The van der Waals surface area contributed by atoms with Gasteiger partial charge in [-0.25, -0.2) is 4.39 Å². The standard InChI is InChI=1S/C16H16ClFN2O/c1-10(11-6-8-12(18)9-7-11)20(2)16(21)15-13(17)4-3-5-14(15)19/h3-10H,19H2,1-2H3. The Balaban J connectivity index is 2.28. The van der Waals surface area contributed by atoms with Gasteiger partial charge in [0, 0.05) is 12.7 Å². The van der Waals surface area contributed by atoms with E-state index in [1.807, 2.05) is 6.92 Å². The highest BCUT2D eigenvalue weighted by molar-refractivity contribution is 6.34. The summed E-state index contributed by atoms with van der Waals surface area (Å²) in [6.07, 6.45) is 0. The Labute approximate surface area is 128 Å². The molecule has 0 saturated carbocycles. The quantitative estimate of drug-likeness (QED) is 0.874. The molecule has 0 heterocycles. The van der Waals surface area contributed by atoms with Crippen LogP contribution < -0.4 is 5.73 Å². The SMILES string of the molecule is CC(c1ccc(F)cc1)N(C)C(=O)c1c(N)cccc1Cl. The van der Waals surface area contributed by atoms with Crippen LogP contribution in [-0.4, -0.2) is 17.9 Å². The van der Waals surface area contributed by atoms with Crippen molar-refractivity contribution in [1.82, 2.24) is 4.90 Å². The zero-order chi connectivity index (χ0) is 15.6. The number of hydrogen-bond acceptors (Lipinski definition) is 2. The number of nitrogens with zero attached hydrogens (tertiary/aromatic N) is 1. The van der Waals surface area contributed by atoms with Crippen LogP contribution in [-0.2, 0) is 0 Å². The lowest BCUT2D eigenvalue weighted by Gasteiger charge is -2.26. The molecule has 1 unspecified atom stereocenters. The third kappa shape index (κ3) is 3.16. The fraction of sp³-hybridized carbons (Fsp3) is 0.188. The first-order valence-electron chi connectivity index (χ1n) is 6.48. The Morgan fingerprint density at radius 2 is 1.86 bits per heavy atom. The molecule has 0 saturated heterocycles. The highest BCUT2D eigenvalue weighted by Gasteiger charge is 2.22. The molecule has 1 amide bonds. The zero-order valence-corrected chi connectivity index (χ0v) is 12.6. The highest BCUT2D eigenvalue weighted by atomic mass is 35.5. The molecule has 2 aromatic rings. The van der Waals surface area contributed by atoms with E-state index in [2.05, 4.69) is 0 Å². The Kier molecular flexibility index (Phi) is 4.48. The fourth-order valence-corrected chi connectivity index (χ4v) is 2.35. The lowest BCUT2D eigenvalue weighted by atomic mass is 10.1. The molecular formula is C16H16ClFN2O. The van der Waals surface area contributed by atoms with Crippen LogP contribution in [0.3, 0.4) is 0 Å². The number of hydrogen-bond donors (Lipinski definition) is 1. The molecule has 0 aromatic heterocycles. The van der Waals surface area contributed by atoms with Crippen molar-refractivity contribution in [2.75, 3.05) is 12.8 Å². The number of nitrogens with two attached hydrogens (primary N) is 1. The molecule has 2 N–H and O–H groups in total. The minimum absolute atomic E-state index is 0.228. The molecule has 0 aliphatic rings. The molecule has 0 fully saturated rings. The molecular weight excluding hydrogens is 291 g/mol. The van der Waals surface area contributed by atoms with Gasteiger partial charge in [-0.3, -0.25) is 4.79 Å². The van der Waals surface area contributed by atoms with E-state index in [9.17, 15) is 9.18 Å². The van der Waals surface area contributed by atoms with Crippen LogP contribution in [0.1, 0.15) is 28.9 Å². The van der Waals surface area contributed by atoms with Gasteiger partial charge < -0.3 is 10.6 Å². The first-order valence-corrected chi connectivity index (χ1v) is 6.86. The first kappa shape index (κ1) is 15.3. The monoisotopic (exact) mass is 306 g/mol. The molecule has 2 rings (SSSR count). The average Bonchev–Trinajstić information content (AvgIpc) is 2.46. The molecule has 3 nitrogen and oxygen atoms in total. The van der Waals surface area contributed by atoms with Gasteiger partial charge in [-0.1, -0.05) is 29.8 Å². The van der Waals surface area contributed by atoms with Crippen molar-refractivity contribution in [3.8, 4) is 0 Å². The summed E-state index contributed by atoms with van der Waals surface area (Å²) in [7, 11) is 1.67. The maximum absolute atomic E-state index is 13.0. The Hall–Kier alpha value is -2.07. The Morgan fingerprint density at radius 1 is 1.24 bits per heavy atom. The molecule has 5 heteroatoms. The van der Waals surface area contributed by atoms with Gasteiger partial charge in [0.1, 0.15) is 5.82 Å². The minimum Gasteiger partial charge on any atom is -0.398 e. The summed E-state index contributed by atoms with van der Waals surface area (Å²) in [5.41, 5.74) is 7.29. The summed E-state index contributed by atoms with van der Waals surface area (Å²) < 4.78 is 13.0. The lowest BCUT2D eigenvalue weighted by Crippen LogP contribution is -2.30. The number of nitrogen functional groups attached to an aromatic ring is 1.